The number of nitrogens with one attached hydrogen (secondary N) is 1. The Kier molecular flexibility index (Phi) is 5.02. The number of hydrogen-bond donors (Lipinski definition) is 2. The fourth-order valence-electron chi connectivity index (χ4n) is 3.11. The molecule has 1 atom stereocenters. The largest absolute Gasteiger partial charge is 0.506 e. The third kappa shape index (κ3) is 3.44. The van der Waals surface area contributed by atoms with Crippen molar-refractivity contribution < 1.29 is 9.84 Å². The molecule has 2 N–H and O–H groups in total. The number of aromatic hydroxyl groups is 1. The molecule has 1 aromatic rings. The Labute approximate surface area is 132 Å². The molecule has 0 bridgehead atoms. The van der Waals surface area contributed by atoms with Gasteiger partial charge in [-0.2, -0.15) is 0 Å². The number of nitrogens with zero attached hydrogens (tertiary/aromatic N) is 1. The monoisotopic (exact) mass is 312 g/mol. The fraction of sp³-hybridized carbons (Fsp3) is 0.625. The number of methoxy groups -OCH3 is 1. The molecule has 0 aromatic heterocycles. The number of rotatable bonds is 3. The first kappa shape index (κ1) is 16.4. The van der Waals surface area contributed by atoms with Gasteiger partial charge in [-0.1, -0.05) is 32.4 Å². The van der Waals surface area contributed by atoms with Crippen molar-refractivity contribution in [3.05, 3.63) is 22.7 Å². The van der Waals surface area contributed by atoms with Crippen molar-refractivity contribution in [1.29, 1.82) is 0 Å². The second-order valence-corrected chi connectivity index (χ2v) is 6.97. The lowest BCUT2D eigenvalue weighted by Crippen LogP contribution is -2.48. The van der Waals surface area contributed by atoms with Crippen LogP contribution in [0.15, 0.2) is 12.1 Å². The van der Waals surface area contributed by atoms with Crippen molar-refractivity contribution in [2.24, 2.45) is 5.41 Å². The molecule has 0 unspecified atom stereocenters. The zero-order chi connectivity index (χ0) is 15.6. The van der Waals surface area contributed by atoms with E-state index in [1.807, 2.05) is 6.07 Å². The zero-order valence-electron chi connectivity index (χ0n) is 13.2. The molecule has 2 rings (SSSR count). The van der Waals surface area contributed by atoms with E-state index in [1.165, 1.54) is 0 Å². The summed E-state index contributed by atoms with van der Waals surface area (Å²) in [6, 6.07) is 3.56. The maximum Gasteiger partial charge on any atom is 0.142 e. The number of phenols is 1. The molecular formula is C16H25ClN2O2. The number of halogens is 1. The summed E-state index contributed by atoms with van der Waals surface area (Å²) in [7, 11) is 1.63. The Morgan fingerprint density at radius 2 is 1.90 bits per heavy atom. The van der Waals surface area contributed by atoms with Crippen LogP contribution in [0.3, 0.4) is 0 Å². The van der Waals surface area contributed by atoms with Gasteiger partial charge in [0, 0.05) is 32.2 Å². The van der Waals surface area contributed by atoms with Gasteiger partial charge < -0.3 is 15.2 Å². The highest BCUT2D eigenvalue weighted by Gasteiger charge is 2.36. The van der Waals surface area contributed by atoms with Crippen molar-refractivity contribution in [3.63, 3.8) is 0 Å². The Bertz CT molecular complexity index is 494. The number of benzene rings is 1. The molecule has 1 heterocycles. The van der Waals surface area contributed by atoms with E-state index < -0.39 is 0 Å². The lowest BCUT2D eigenvalue weighted by Gasteiger charge is -2.43. The highest BCUT2D eigenvalue weighted by atomic mass is 35.5. The van der Waals surface area contributed by atoms with E-state index in [0.29, 0.717) is 10.8 Å². The minimum Gasteiger partial charge on any atom is -0.506 e. The second-order valence-electron chi connectivity index (χ2n) is 6.57. The van der Waals surface area contributed by atoms with Crippen LogP contribution in [-0.4, -0.2) is 43.3 Å². The van der Waals surface area contributed by atoms with Crippen LogP contribution in [0.4, 0.5) is 0 Å². The van der Waals surface area contributed by atoms with Crippen LogP contribution >= 0.6 is 11.6 Å². The molecule has 1 aliphatic rings. The molecule has 1 aromatic carbocycles. The number of hydrogen-bond acceptors (Lipinski definition) is 4. The molecule has 0 amide bonds. The topological polar surface area (TPSA) is 44.7 Å². The summed E-state index contributed by atoms with van der Waals surface area (Å²) >= 11 is 6.14. The van der Waals surface area contributed by atoms with E-state index in [0.717, 1.165) is 31.7 Å². The molecular weight excluding hydrogens is 288 g/mol. The van der Waals surface area contributed by atoms with Crippen molar-refractivity contribution in [2.75, 3.05) is 33.3 Å². The fourth-order valence-corrected chi connectivity index (χ4v) is 3.27. The van der Waals surface area contributed by atoms with Gasteiger partial charge in [-0.25, -0.2) is 0 Å². The van der Waals surface area contributed by atoms with Crippen molar-refractivity contribution in [3.8, 4) is 11.5 Å². The summed E-state index contributed by atoms with van der Waals surface area (Å²) in [5.74, 6) is 0.824. The van der Waals surface area contributed by atoms with Gasteiger partial charge >= 0.3 is 0 Å². The molecule has 1 fully saturated rings. The van der Waals surface area contributed by atoms with Crippen LogP contribution in [-0.2, 0) is 0 Å². The van der Waals surface area contributed by atoms with Crippen molar-refractivity contribution in [2.45, 2.75) is 26.8 Å². The maximum atomic E-state index is 10.5. The Morgan fingerprint density at radius 1 is 1.29 bits per heavy atom. The molecule has 118 valence electrons. The summed E-state index contributed by atoms with van der Waals surface area (Å²) in [6.45, 7) is 10.3. The van der Waals surface area contributed by atoms with Crippen LogP contribution in [0.2, 0.25) is 5.02 Å². The second kappa shape index (κ2) is 6.42. The highest BCUT2D eigenvalue weighted by Crippen LogP contribution is 2.48. The molecule has 0 saturated carbocycles. The lowest BCUT2D eigenvalue weighted by atomic mass is 9.80. The van der Waals surface area contributed by atoms with E-state index in [-0.39, 0.29) is 17.2 Å². The molecule has 0 spiro atoms. The van der Waals surface area contributed by atoms with Gasteiger partial charge in [0.1, 0.15) is 11.5 Å². The van der Waals surface area contributed by atoms with Gasteiger partial charge in [-0.05, 0) is 17.5 Å². The minimum atomic E-state index is -0.0488. The zero-order valence-corrected chi connectivity index (χ0v) is 14.0. The summed E-state index contributed by atoms with van der Waals surface area (Å²) in [4.78, 5) is 2.39. The Hall–Kier alpha value is -0.970. The minimum absolute atomic E-state index is 0.0488. The molecule has 0 radical (unpaired) electrons. The summed E-state index contributed by atoms with van der Waals surface area (Å²) in [5, 5.41) is 14.3. The predicted molar refractivity (Wildman–Crippen MR) is 86.3 cm³/mol. The first-order valence-electron chi connectivity index (χ1n) is 7.36. The molecule has 21 heavy (non-hydrogen) atoms. The van der Waals surface area contributed by atoms with E-state index in [9.17, 15) is 5.11 Å². The maximum absolute atomic E-state index is 10.5. The van der Waals surface area contributed by atoms with Gasteiger partial charge in [-0.3, -0.25) is 4.90 Å². The first-order valence-corrected chi connectivity index (χ1v) is 7.74. The normalized spacial score (nSPS) is 18.5. The molecule has 5 heteroatoms. The lowest BCUT2D eigenvalue weighted by molar-refractivity contribution is 0.0821. The van der Waals surface area contributed by atoms with Crippen LogP contribution in [0.25, 0.3) is 0 Å². The number of ether oxygens (including phenoxy) is 1. The number of piperazine rings is 1. The number of phenolic OH excluding ortho intramolecular Hbond substituents is 1. The average molecular weight is 313 g/mol. The van der Waals surface area contributed by atoms with Gasteiger partial charge in [0.25, 0.3) is 0 Å². The SMILES string of the molecule is COc1ccc(Cl)c(O)c1[C@@H](N1CCNCC1)C(C)(C)C. The van der Waals surface area contributed by atoms with Crippen LogP contribution in [0, 0.1) is 5.41 Å². The molecule has 1 saturated heterocycles. The van der Waals surface area contributed by atoms with Crippen LogP contribution in [0.5, 0.6) is 11.5 Å². The molecule has 1 aliphatic heterocycles. The van der Waals surface area contributed by atoms with E-state index >= 15 is 0 Å². The van der Waals surface area contributed by atoms with E-state index in [2.05, 4.69) is 31.0 Å². The van der Waals surface area contributed by atoms with Crippen molar-refractivity contribution >= 4 is 11.6 Å². The standard InChI is InChI=1S/C16H25ClN2O2/c1-16(2,3)15(19-9-7-18-8-10-19)13-12(21-4)6-5-11(17)14(13)20/h5-6,15,18,20H,7-10H2,1-4H3/t15-/m1/s1. The third-order valence-electron chi connectivity index (χ3n) is 3.96. The quantitative estimate of drug-likeness (QED) is 0.900. The average Bonchev–Trinajstić information content (AvgIpc) is 2.44. The molecule has 0 aliphatic carbocycles. The summed E-state index contributed by atoms with van der Waals surface area (Å²) < 4.78 is 5.49. The highest BCUT2D eigenvalue weighted by molar-refractivity contribution is 6.32. The third-order valence-corrected chi connectivity index (χ3v) is 4.26. The van der Waals surface area contributed by atoms with E-state index in [1.54, 1.807) is 13.2 Å². The van der Waals surface area contributed by atoms with E-state index in [4.69, 9.17) is 16.3 Å². The molecule has 4 nitrogen and oxygen atoms in total. The van der Waals surface area contributed by atoms with Gasteiger partial charge in [-0.15, -0.1) is 0 Å². The Morgan fingerprint density at radius 3 is 2.43 bits per heavy atom. The van der Waals surface area contributed by atoms with Gasteiger partial charge in [0.05, 0.1) is 17.7 Å². The first-order chi connectivity index (χ1) is 9.86. The predicted octanol–water partition coefficient (Wildman–Crippen LogP) is 3.05. The summed E-state index contributed by atoms with van der Waals surface area (Å²) in [6.07, 6.45) is 0. The van der Waals surface area contributed by atoms with Gasteiger partial charge in [0.15, 0.2) is 0 Å². The summed E-state index contributed by atoms with van der Waals surface area (Å²) in [5.41, 5.74) is 0.742. The van der Waals surface area contributed by atoms with Crippen molar-refractivity contribution in [1.82, 2.24) is 10.2 Å². The Balaban J connectivity index is 2.53. The van der Waals surface area contributed by atoms with Crippen LogP contribution < -0.4 is 10.1 Å². The van der Waals surface area contributed by atoms with Gasteiger partial charge in [0.2, 0.25) is 0 Å². The smallest absolute Gasteiger partial charge is 0.142 e. The van der Waals surface area contributed by atoms with Crippen LogP contribution in [0.1, 0.15) is 32.4 Å².